The first-order valence-corrected chi connectivity index (χ1v) is 19.0. The molecular formula is C37H41N5O4SSi. The first-order chi connectivity index (χ1) is 23.1. The standard InChI is InChI=1S/C37H41N5O4SSi/c1-25(2)35(43)41-33-32-34(39-23-38-33)42(24-40-32)31-21-30(47-36(44)26-15-9-6-10-16-26)29(46-31)22-45-48(37(3,4)5,27-17-11-7-12-18-27)28-19-13-8-14-20-28/h6-20,23-25,29-31H,21-22H2,1-5H3,(H,38,39,41,43)/t29-,30+,31-/m1/s1. The van der Waals surface area contributed by atoms with Crippen LogP contribution in [-0.2, 0) is 14.0 Å². The molecule has 0 unspecified atom stereocenters. The van der Waals surface area contributed by atoms with Gasteiger partial charge in [-0.3, -0.25) is 14.2 Å². The topological polar surface area (TPSA) is 108 Å². The third kappa shape index (κ3) is 6.73. The molecule has 1 N–H and O–H groups in total. The van der Waals surface area contributed by atoms with E-state index in [4.69, 9.17) is 9.16 Å². The highest BCUT2D eigenvalue weighted by Crippen LogP contribution is 2.41. The number of carbonyl (C=O) groups is 2. The number of hydrogen-bond donors (Lipinski definition) is 1. The molecule has 1 fully saturated rings. The van der Waals surface area contributed by atoms with Crippen molar-refractivity contribution in [2.24, 2.45) is 5.92 Å². The van der Waals surface area contributed by atoms with Crippen LogP contribution in [0.1, 0.15) is 57.6 Å². The van der Waals surface area contributed by atoms with Gasteiger partial charge in [-0.1, -0.05) is 137 Å². The van der Waals surface area contributed by atoms with E-state index in [1.54, 1.807) is 6.33 Å². The van der Waals surface area contributed by atoms with Gasteiger partial charge in [-0.05, 0) is 15.4 Å². The van der Waals surface area contributed by atoms with Crippen molar-refractivity contribution in [2.75, 3.05) is 11.9 Å². The van der Waals surface area contributed by atoms with Crippen molar-refractivity contribution in [3.63, 3.8) is 0 Å². The molecule has 0 aliphatic carbocycles. The minimum atomic E-state index is -2.87. The zero-order valence-corrected chi connectivity index (χ0v) is 29.7. The van der Waals surface area contributed by atoms with Gasteiger partial charge in [-0.15, -0.1) is 0 Å². The number of hydrogen-bond acceptors (Lipinski definition) is 8. The second kappa shape index (κ2) is 14.1. The Morgan fingerprint density at radius 2 is 1.54 bits per heavy atom. The Kier molecular flexibility index (Phi) is 9.93. The van der Waals surface area contributed by atoms with E-state index in [1.807, 2.05) is 60.9 Å². The average molecular weight is 680 g/mol. The number of amides is 1. The summed E-state index contributed by atoms with van der Waals surface area (Å²) in [6, 6.07) is 30.3. The molecule has 0 saturated carbocycles. The summed E-state index contributed by atoms with van der Waals surface area (Å²) >= 11 is 1.29. The third-order valence-corrected chi connectivity index (χ3v) is 15.0. The Morgan fingerprint density at radius 1 is 0.938 bits per heavy atom. The molecule has 6 rings (SSSR count). The first-order valence-electron chi connectivity index (χ1n) is 16.2. The van der Waals surface area contributed by atoms with E-state index in [9.17, 15) is 9.59 Å². The van der Waals surface area contributed by atoms with E-state index in [1.165, 1.54) is 28.5 Å². The normalized spacial score (nSPS) is 18.3. The zero-order valence-electron chi connectivity index (χ0n) is 27.9. The number of benzene rings is 3. The fourth-order valence-electron chi connectivity index (χ4n) is 6.31. The molecule has 1 amide bonds. The summed E-state index contributed by atoms with van der Waals surface area (Å²) in [5.74, 6) is -0.0169. The largest absolute Gasteiger partial charge is 0.405 e. The van der Waals surface area contributed by atoms with Crippen LogP contribution < -0.4 is 15.7 Å². The number of thioether (sulfide) groups is 1. The molecule has 3 heterocycles. The summed E-state index contributed by atoms with van der Waals surface area (Å²) in [6.45, 7) is 10.7. The first kappa shape index (κ1) is 33.7. The van der Waals surface area contributed by atoms with Crippen molar-refractivity contribution < 1.29 is 18.8 Å². The van der Waals surface area contributed by atoms with Crippen LogP contribution in [0, 0.1) is 5.92 Å². The molecule has 1 aliphatic heterocycles. The maximum Gasteiger partial charge on any atom is 0.261 e. The van der Waals surface area contributed by atoms with Crippen LogP contribution in [-0.4, -0.2) is 56.8 Å². The molecule has 48 heavy (non-hydrogen) atoms. The maximum atomic E-state index is 13.6. The summed E-state index contributed by atoms with van der Waals surface area (Å²) in [6.07, 6.45) is 2.74. The molecule has 0 radical (unpaired) electrons. The second-order valence-corrected chi connectivity index (χ2v) is 18.9. The van der Waals surface area contributed by atoms with Crippen LogP contribution in [0.5, 0.6) is 0 Å². The van der Waals surface area contributed by atoms with Gasteiger partial charge in [0.2, 0.25) is 11.0 Å². The van der Waals surface area contributed by atoms with Crippen LogP contribution in [0.25, 0.3) is 11.2 Å². The number of nitrogens with one attached hydrogen (secondary N) is 1. The summed E-state index contributed by atoms with van der Waals surface area (Å²) in [7, 11) is -2.87. The van der Waals surface area contributed by atoms with Gasteiger partial charge in [-0.2, -0.15) is 0 Å². The molecule has 2 aromatic heterocycles. The minimum Gasteiger partial charge on any atom is -0.405 e. The van der Waals surface area contributed by atoms with Crippen LogP contribution >= 0.6 is 11.8 Å². The summed E-state index contributed by atoms with van der Waals surface area (Å²) < 4.78 is 16.0. The minimum absolute atomic E-state index is 0.0169. The molecule has 3 aromatic carbocycles. The van der Waals surface area contributed by atoms with Crippen LogP contribution in [0.3, 0.4) is 0 Å². The van der Waals surface area contributed by atoms with Gasteiger partial charge in [-0.25, -0.2) is 15.0 Å². The molecule has 9 nitrogen and oxygen atoms in total. The highest BCUT2D eigenvalue weighted by molar-refractivity contribution is 8.14. The molecule has 248 valence electrons. The Hall–Kier alpha value is -4.16. The van der Waals surface area contributed by atoms with Crippen LogP contribution in [0.4, 0.5) is 5.82 Å². The van der Waals surface area contributed by atoms with Crippen LogP contribution in [0.15, 0.2) is 104 Å². The molecule has 1 saturated heterocycles. The molecule has 0 bridgehead atoms. The van der Waals surface area contributed by atoms with Crippen LogP contribution in [0.2, 0.25) is 5.04 Å². The molecule has 11 heteroatoms. The lowest BCUT2D eigenvalue weighted by Gasteiger charge is -2.43. The predicted molar refractivity (Wildman–Crippen MR) is 193 cm³/mol. The fraction of sp³-hybridized carbons (Fsp3) is 0.324. The van der Waals surface area contributed by atoms with E-state index >= 15 is 0 Å². The summed E-state index contributed by atoms with van der Waals surface area (Å²) in [5.41, 5.74) is 1.66. The van der Waals surface area contributed by atoms with Crippen molar-refractivity contribution in [1.82, 2.24) is 19.5 Å². The molecule has 5 aromatic rings. The van der Waals surface area contributed by atoms with Gasteiger partial charge in [0.15, 0.2) is 17.0 Å². The molecular weight excluding hydrogens is 639 g/mol. The van der Waals surface area contributed by atoms with Gasteiger partial charge in [0.25, 0.3) is 8.32 Å². The Morgan fingerprint density at radius 3 is 2.12 bits per heavy atom. The van der Waals surface area contributed by atoms with E-state index in [-0.39, 0.29) is 27.2 Å². The summed E-state index contributed by atoms with van der Waals surface area (Å²) in [4.78, 5) is 39.4. The predicted octanol–water partition coefficient (Wildman–Crippen LogP) is 6.23. The van der Waals surface area contributed by atoms with Gasteiger partial charge >= 0.3 is 0 Å². The Balaban J connectivity index is 1.35. The lowest BCUT2D eigenvalue weighted by Crippen LogP contribution is -2.67. The van der Waals surface area contributed by atoms with Crippen molar-refractivity contribution in [1.29, 1.82) is 0 Å². The number of rotatable bonds is 10. The average Bonchev–Trinajstić information content (AvgIpc) is 3.70. The number of nitrogens with zero attached hydrogens (tertiary/aromatic N) is 4. The highest BCUT2D eigenvalue weighted by atomic mass is 32.2. The quantitative estimate of drug-likeness (QED) is 0.173. The lowest BCUT2D eigenvalue weighted by molar-refractivity contribution is -0.118. The van der Waals surface area contributed by atoms with Crippen molar-refractivity contribution in [2.45, 2.75) is 63.7 Å². The van der Waals surface area contributed by atoms with Crippen molar-refractivity contribution in [3.05, 3.63) is 109 Å². The lowest BCUT2D eigenvalue weighted by atomic mass is 10.2. The number of fused-ring (bicyclic) bond motifs is 1. The number of ether oxygens (including phenoxy) is 1. The van der Waals surface area contributed by atoms with Gasteiger partial charge in [0.1, 0.15) is 12.6 Å². The van der Waals surface area contributed by atoms with E-state index < -0.39 is 20.6 Å². The van der Waals surface area contributed by atoms with Crippen molar-refractivity contribution >= 4 is 58.5 Å². The molecule has 1 aliphatic rings. The monoisotopic (exact) mass is 679 g/mol. The molecule has 3 atom stereocenters. The van der Waals surface area contributed by atoms with E-state index in [2.05, 4.69) is 89.6 Å². The van der Waals surface area contributed by atoms with E-state index in [0.29, 0.717) is 35.6 Å². The number of anilines is 1. The van der Waals surface area contributed by atoms with Crippen molar-refractivity contribution in [3.8, 4) is 0 Å². The third-order valence-electron chi connectivity index (χ3n) is 8.76. The van der Waals surface area contributed by atoms with Gasteiger partial charge in [0.05, 0.1) is 19.0 Å². The number of carbonyl (C=O) groups excluding carboxylic acids is 2. The number of aromatic nitrogens is 4. The smallest absolute Gasteiger partial charge is 0.261 e. The fourth-order valence-corrected chi connectivity index (χ4v) is 12.0. The Labute approximate surface area is 286 Å². The summed E-state index contributed by atoms with van der Waals surface area (Å²) in [5, 5.41) is 4.77. The second-order valence-electron chi connectivity index (χ2n) is 13.3. The Bertz CT molecular complexity index is 1830. The zero-order chi connectivity index (χ0) is 33.9. The van der Waals surface area contributed by atoms with E-state index in [0.717, 1.165) is 0 Å². The van der Waals surface area contributed by atoms with Gasteiger partial charge in [0, 0.05) is 23.2 Å². The number of imidazole rings is 1. The maximum absolute atomic E-state index is 13.6. The molecule has 0 spiro atoms. The van der Waals surface area contributed by atoms with Gasteiger partial charge < -0.3 is 14.5 Å². The SMILES string of the molecule is CC(C)C(=O)Nc1ncnc2c1ncn2[C@H]1C[C@H](SC(=O)c2ccccc2)[C@@H](CO[Si](c2ccccc2)(c2ccccc2)C(C)(C)C)O1. The highest BCUT2D eigenvalue weighted by Gasteiger charge is 2.51.